The fraction of sp³-hybridized carbons (Fsp3) is 0.476. The number of piperidine rings is 1. The van der Waals surface area contributed by atoms with Crippen molar-refractivity contribution in [2.24, 2.45) is 20.0 Å². The Labute approximate surface area is 179 Å². The van der Waals surface area contributed by atoms with Crippen molar-refractivity contribution in [3.05, 3.63) is 39.0 Å². The second kappa shape index (κ2) is 9.15. The number of aromatic nitrogens is 2. The lowest BCUT2D eigenvalue weighted by Gasteiger charge is -2.33. The van der Waals surface area contributed by atoms with Gasteiger partial charge in [0, 0.05) is 57.0 Å². The Kier molecular flexibility index (Phi) is 6.57. The molecule has 2 aromatic rings. The summed E-state index contributed by atoms with van der Waals surface area (Å²) in [6, 6.07) is 4.82. The molecule has 0 radical (unpaired) electrons. The van der Waals surface area contributed by atoms with Crippen molar-refractivity contribution in [1.82, 2.24) is 9.13 Å². The van der Waals surface area contributed by atoms with Gasteiger partial charge in [0.05, 0.1) is 21.3 Å². The standard InChI is InChI=1S/C21H28N4O6/c1-23-17(12-18(26)24(2)21(23)28)25-8-6-13(7-9-25)20(27)22-14-10-15(29-3)19(31-5)16(11-14)30-4/h10-13H,6-9H2,1-5H3,(H,22,27). The number of nitrogens with one attached hydrogen (secondary N) is 1. The molecule has 1 aromatic carbocycles. The summed E-state index contributed by atoms with van der Waals surface area (Å²) in [7, 11) is 7.64. The zero-order valence-electron chi connectivity index (χ0n) is 18.4. The number of rotatable bonds is 6. The molecule has 2 heterocycles. The third-order valence-corrected chi connectivity index (χ3v) is 5.62. The molecule has 1 N–H and O–H groups in total. The number of hydrogen-bond acceptors (Lipinski definition) is 7. The summed E-state index contributed by atoms with van der Waals surface area (Å²) in [5, 5.41) is 2.92. The zero-order valence-corrected chi connectivity index (χ0v) is 18.4. The van der Waals surface area contributed by atoms with E-state index in [0.29, 0.717) is 54.7 Å². The Morgan fingerprint density at radius 2 is 1.52 bits per heavy atom. The molecule has 31 heavy (non-hydrogen) atoms. The van der Waals surface area contributed by atoms with Crippen molar-refractivity contribution in [2.75, 3.05) is 44.6 Å². The molecule has 0 saturated carbocycles. The normalized spacial score (nSPS) is 14.3. The van der Waals surface area contributed by atoms with Gasteiger partial charge in [0.15, 0.2) is 11.5 Å². The van der Waals surface area contributed by atoms with Crippen LogP contribution in [0.15, 0.2) is 27.8 Å². The van der Waals surface area contributed by atoms with Gasteiger partial charge in [0.1, 0.15) is 5.82 Å². The van der Waals surface area contributed by atoms with Crippen LogP contribution in [0, 0.1) is 5.92 Å². The van der Waals surface area contributed by atoms with E-state index in [1.54, 1.807) is 19.2 Å². The van der Waals surface area contributed by atoms with Crippen LogP contribution in [-0.2, 0) is 18.9 Å². The van der Waals surface area contributed by atoms with Crippen molar-refractivity contribution >= 4 is 17.4 Å². The van der Waals surface area contributed by atoms with Gasteiger partial charge < -0.3 is 24.4 Å². The summed E-state index contributed by atoms with van der Waals surface area (Å²) >= 11 is 0. The lowest BCUT2D eigenvalue weighted by atomic mass is 9.95. The van der Waals surface area contributed by atoms with E-state index in [0.717, 1.165) is 4.57 Å². The number of amides is 1. The quantitative estimate of drug-likeness (QED) is 0.725. The highest BCUT2D eigenvalue weighted by atomic mass is 16.5. The summed E-state index contributed by atoms with van der Waals surface area (Å²) in [6.45, 7) is 1.13. The number of nitrogens with zero attached hydrogens (tertiary/aromatic N) is 3. The van der Waals surface area contributed by atoms with Crippen LogP contribution >= 0.6 is 0 Å². The molecule has 1 saturated heterocycles. The van der Waals surface area contributed by atoms with Crippen LogP contribution in [0.3, 0.4) is 0 Å². The van der Waals surface area contributed by atoms with E-state index in [4.69, 9.17) is 14.2 Å². The number of benzene rings is 1. The molecule has 3 rings (SSSR count). The van der Waals surface area contributed by atoms with E-state index in [2.05, 4.69) is 5.32 Å². The summed E-state index contributed by atoms with van der Waals surface area (Å²) < 4.78 is 18.5. The monoisotopic (exact) mass is 432 g/mol. The number of anilines is 2. The molecule has 0 unspecified atom stereocenters. The van der Waals surface area contributed by atoms with Gasteiger partial charge >= 0.3 is 5.69 Å². The van der Waals surface area contributed by atoms with E-state index >= 15 is 0 Å². The molecule has 0 atom stereocenters. The van der Waals surface area contributed by atoms with Crippen LogP contribution in [0.25, 0.3) is 0 Å². The molecule has 1 aromatic heterocycles. The predicted octanol–water partition coefficient (Wildman–Crippen LogP) is 0.965. The van der Waals surface area contributed by atoms with Gasteiger partial charge in [0.2, 0.25) is 11.7 Å². The number of ether oxygens (including phenoxy) is 3. The molecular weight excluding hydrogens is 404 g/mol. The third-order valence-electron chi connectivity index (χ3n) is 5.62. The first kappa shape index (κ1) is 22.3. The lowest BCUT2D eigenvalue weighted by Crippen LogP contribution is -2.44. The molecular formula is C21H28N4O6. The van der Waals surface area contributed by atoms with E-state index in [-0.39, 0.29) is 23.1 Å². The van der Waals surface area contributed by atoms with E-state index in [1.165, 1.54) is 39.0 Å². The van der Waals surface area contributed by atoms with Crippen molar-refractivity contribution in [2.45, 2.75) is 12.8 Å². The van der Waals surface area contributed by atoms with Crippen LogP contribution in [0.2, 0.25) is 0 Å². The Morgan fingerprint density at radius 3 is 2.03 bits per heavy atom. The van der Waals surface area contributed by atoms with Gasteiger partial charge in [0.25, 0.3) is 5.56 Å². The number of carbonyl (C=O) groups is 1. The number of carbonyl (C=O) groups excluding carboxylic acids is 1. The van der Waals surface area contributed by atoms with Gasteiger partial charge in [-0.05, 0) is 12.8 Å². The van der Waals surface area contributed by atoms with Crippen LogP contribution in [-0.4, -0.2) is 49.5 Å². The molecule has 1 fully saturated rings. The van der Waals surface area contributed by atoms with Crippen molar-refractivity contribution in [3.8, 4) is 17.2 Å². The molecule has 0 aliphatic carbocycles. The highest BCUT2D eigenvalue weighted by Crippen LogP contribution is 2.40. The minimum Gasteiger partial charge on any atom is -0.493 e. The van der Waals surface area contributed by atoms with Gasteiger partial charge in [-0.3, -0.25) is 18.7 Å². The van der Waals surface area contributed by atoms with Crippen LogP contribution < -0.4 is 35.7 Å². The second-order valence-corrected chi connectivity index (χ2v) is 7.41. The third kappa shape index (κ3) is 4.37. The highest BCUT2D eigenvalue weighted by molar-refractivity contribution is 5.93. The maximum atomic E-state index is 12.8. The molecule has 168 valence electrons. The predicted molar refractivity (Wildman–Crippen MR) is 117 cm³/mol. The smallest absolute Gasteiger partial charge is 0.332 e. The maximum Gasteiger partial charge on any atom is 0.332 e. The zero-order chi connectivity index (χ0) is 22.7. The molecule has 10 nitrogen and oxygen atoms in total. The van der Waals surface area contributed by atoms with Crippen molar-refractivity contribution in [1.29, 1.82) is 0 Å². The molecule has 1 aliphatic heterocycles. The first-order valence-corrected chi connectivity index (χ1v) is 9.93. The van der Waals surface area contributed by atoms with Crippen LogP contribution in [0.4, 0.5) is 11.5 Å². The fourth-order valence-corrected chi connectivity index (χ4v) is 3.79. The molecule has 0 spiro atoms. The van der Waals surface area contributed by atoms with E-state index in [1.807, 2.05) is 4.90 Å². The van der Waals surface area contributed by atoms with Gasteiger partial charge in [-0.25, -0.2) is 4.79 Å². The minimum absolute atomic E-state index is 0.105. The maximum absolute atomic E-state index is 12.8. The average molecular weight is 432 g/mol. The topological polar surface area (TPSA) is 104 Å². The minimum atomic E-state index is -0.371. The van der Waals surface area contributed by atoms with Crippen molar-refractivity contribution in [3.63, 3.8) is 0 Å². The number of methoxy groups -OCH3 is 3. The summed E-state index contributed by atoms with van der Waals surface area (Å²) in [5.41, 5.74) is -0.166. The second-order valence-electron chi connectivity index (χ2n) is 7.41. The average Bonchev–Trinajstić information content (AvgIpc) is 2.79. The molecule has 10 heteroatoms. The molecule has 1 aliphatic rings. The number of hydrogen-bond donors (Lipinski definition) is 1. The summed E-state index contributed by atoms with van der Waals surface area (Å²) in [6.07, 6.45) is 1.19. The van der Waals surface area contributed by atoms with Crippen LogP contribution in [0.5, 0.6) is 17.2 Å². The van der Waals surface area contributed by atoms with Crippen LogP contribution in [0.1, 0.15) is 12.8 Å². The van der Waals surface area contributed by atoms with Crippen molar-refractivity contribution < 1.29 is 19.0 Å². The summed E-state index contributed by atoms with van der Waals surface area (Å²) in [4.78, 5) is 39.0. The SMILES string of the molecule is COc1cc(NC(=O)C2CCN(c3cc(=O)n(C)c(=O)n3C)CC2)cc(OC)c1OC. The summed E-state index contributed by atoms with van der Waals surface area (Å²) in [5.74, 6) is 1.63. The Hall–Kier alpha value is -3.43. The van der Waals surface area contributed by atoms with Gasteiger partial charge in [-0.15, -0.1) is 0 Å². The lowest BCUT2D eigenvalue weighted by molar-refractivity contribution is -0.120. The van der Waals surface area contributed by atoms with Gasteiger partial charge in [-0.1, -0.05) is 0 Å². The van der Waals surface area contributed by atoms with E-state index in [9.17, 15) is 14.4 Å². The molecule has 0 bridgehead atoms. The molecule has 1 amide bonds. The van der Waals surface area contributed by atoms with E-state index < -0.39 is 0 Å². The first-order valence-electron chi connectivity index (χ1n) is 9.93. The fourth-order valence-electron chi connectivity index (χ4n) is 3.79. The van der Waals surface area contributed by atoms with Gasteiger partial charge in [-0.2, -0.15) is 0 Å². The first-order chi connectivity index (χ1) is 14.8. The Morgan fingerprint density at radius 1 is 0.935 bits per heavy atom. The Balaban J connectivity index is 1.70. The highest BCUT2D eigenvalue weighted by Gasteiger charge is 2.27. The Bertz CT molecular complexity index is 1060. The largest absolute Gasteiger partial charge is 0.493 e.